The van der Waals surface area contributed by atoms with Crippen molar-refractivity contribution in [2.75, 3.05) is 11.9 Å². The van der Waals surface area contributed by atoms with Gasteiger partial charge in [-0.05, 0) is 11.4 Å². The van der Waals surface area contributed by atoms with Crippen LogP contribution in [0.15, 0.2) is 52.5 Å². The van der Waals surface area contributed by atoms with Gasteiger partial charge in [0.05, 0.1) is 17.0 Å². The number of hydrogen-bond acceptors (Lipinski definition) is 7. The molecule has 1 aliphatic heterocycles. The van der Waals surface area contributed by atoms with E-state index in [-0.39, 0.29) is 5.91 Å². The predicted octanol–water partition coefficient (Wildman–Crippen LogP) is 5.14. The maximum Gasteiger partial charge on any atom is 0.258 e. The minimum Gasteiger partial charge on any atom is -0.298 e. The number of nitrogens with one attached hydrogen (secondary N) is 1. The number of anilines is 1. The molecule has 8 heteroatoms. The fraction of sp³-hybridized carbons (Fsp3) is 0.190. The van der Waals surface area contributed by atoms with Crippen molar-refractivity contribution in [3.63, 3.8) is 0 Å². The highest BCUT2D eigenvalue weighted by Gasteiger charge is 2.22. The summed E-state index contributed by atoms with van der Waals surface area (Å²) in [5.74, 6) is -0.0925. The Balaban J connectivity index is 1.24. The molecule has 0 aliphatic carbocycles. The van der Waals surface area contributed by atoms with E-state index in [4.69, 9.17) is 4.98 Å². The number of nitrogens with zero attached hydrogens (tertiary/aromatic N) is 3. The first-order chi connectivity index (χ1) is 14.2. The van der Waals surface area contributed by atoms with Gasteiger partial charge in [0.2, 0.25) is 0 Å². The summed E-state index contributed by atoms with van der Waals surface area (Å²) in [4.78, 5) is 25.3. The van der Waals surface area contributed by atoms with Crippen LogP contribution >= 0.6 is 34.0 Å². The summed E-state index contributed by atoms with van der Waals surface area (Å²) in [6.45, 7) is 2.63. The lowest BCUT2D eigenvalue weighted by Crippen LogP contribution is -2.29. The van der Waals surface area contributed by atoms with Crippen molar-refractivity contribution in [2.24, 2.45) is 0 Å². The molecule has 0 bridgehead atoms. The molecule has 1 N–H and O–H groups in total. The second-order valence-corrected chi connectivity index (χ2v) is 9.55. The van der Waals surface area contributed by atoms with Crippen LogP contribution < -0.4 is 5.32 Å². The van der Waals surface area contributed by atoms with Crippen LogP contribution in [0.25, 0.3) is 10.6 Å². The second-order valence-electron chi connectivity index (χ2n) is 6.83. The predicted molar refractivity (Wildman–Crippen MR) is 120 cm³/mol. The highest BCUT2D eigenvalue weighted by molar-refractivity contribution is 7.16. The van der Waals surface area contributed by atoms with Crippen LogP contribution in [-0.2, 0) is 19.5 Å². The Hall–Kier alpha value is -2.39. The van der Waals surface area contributed by atoms with Gasteiger partial charge in [-0.25, -0.2) is 9.97 Å². The minimum absolute atomic E-state index is 0.0925. The average molecular weight is 439 g/mol. The highest BCUT2D eigenvalue weighted by atomic mass is 32.1. The Morgan fingerprint density at radius 2 is 2.03 bits per heavy atom. The summed E-state index contributed by atoms with van der Waals surface area (Å²) in [6, 6.07) is 12.1. The van der Waals surface area contributed by atoms with Crippen molar-refractivity contribution >= 4 is 45.0 Å². The van der Waals surface area contributed by atoms with Crippen LogP contribution in [0.2, 0.25) is 0 Å². The van der Waals surface area contributed by atoms with E-state index in [0.717, 1.165) is 48.0 Å². The van der Waals surface area contributed by atoms with Crippen molar-refractivity contribution in [3.05, 3.63) is 74.4 Å². The lowest BCUT2D eigenvalue weighted by Gasteiger charge is -2.24. The van der Waals surface area contributed by atoms with Gasteiger partial charge in [-0.1, -0.05) is 30.3 Å². The van der Waals surface area contributed by atoms with E-state index in [1.807, 2.05) is 35.0 Å². The molecular weight excluding hydrogens is 420 g/mol. The van der Waals surface area contributed by atoms with Crippen LogP contribution in [0.1, 0.15) is 26.6 Å². The largest absolute Gasteiger partial charge is 0.298 e. The second kappa shape index (κ2) is 8.16. The number of carbonyl (C=O) groups is 1. The smallest absolute Gasteiger partial charge is 0.258 e. The third kappa shape index (κ3) is 4.16. The number of thiophene rings is 1. The molecule has 3 aromatic heterocycles. The molecule has 0 unspecified atom stereocenters. The van der Waals surface area contributed by atoms with Gasteiger partial charge in [0.25, 0.3) is 5.91 Å². The molecular formula is C21H18N4OS3. The lowest BCUT2D eigenvalue weighted by molar-refractivity contribution is 0.102. The summed E-state index contributed by atoms with van der Waals surface area (Å²) in [6.07, 6.45) is 0.899. The first-order valence-corrected chi connectivity index (χ1v) is 11.9. The summed E-state index contributed by atoms with van der Waals surface area (Å²) in [7, 11) is 0. The molecule has 29 heavy (non-hydrogen) atoms. The van der Waals surface area contributed by atoms with Crippen LogP contribution in [0.5, 0.6) is 0 Å². The zero-order valence-corrected chi connectivity index (χ0v) is 17.9. The summed E-state index contributed by atoms with van der Waals surface area (Å²) in [5.41, 5.74) is 4.06. The molecule has 5 nitrogen and oxygen atoms in total. The quantitative estimate of drug-likeness (QED) is 0.469. The van der Waals surface area contributed by atoms with E-state index in [1.54, 1.807) is 22.7 Å². The Morgan fingerprint density at radius 3 is 2.86 bits per heavy atom. The van der Waals surface area contributed by atoms with Gasteiger partial charge in [-0.2, -0.15) is 11.3 Å². The Labute approximate surface area is 180 Å². The molecule has 1 amide bonds. The van der Waals surface area contributed by atoms with E-state index in [0.29, 0.717) is 10.7 Å². The third-order valence-electron chi connectivity index (χ3n) is 4.77. The van der Waals surface area contributed by atoms with Gasteiger partial charge in [0.15, 0.2) is 5.13 Å². The summed E-state index contributed by atoms with van der Waals surface area (Å²) >= 11 is 4.79. The van der Waals surface area contributed by atoms with Crippen molar-refractivity contribution in [1.29, 1.82) is 0 Å². The number of benzene rings is 1. The molecule has 146 valence electrons. The van der Waals surface area contributed by atoms with Gasteiger partial charge in [0, 0.05) is 47.3 Å². The van der Waals surface area contributed by atoms with Crippen molar-refractivity contribution in [2.45, 2.75) is 19.5 Å². The fourth-order valence-corrected chi connectivity index (χ4v) is 5.82. The summed E-state index contributed by atoms with van der Waals surface area (Å²) < 4.78 is 0. The van der Waals surface area contributed by atoms with Gasteiger partial charge < -0.3 is 0 Å². The van der Waals surface area contributed by atoms with Crippen LogP contribution in [0, 0.1) is 0 Å². The van der Waals surface area contributed by atoms with E-state index in [9.17, 15) is 4.79 Å². The topological polar surface area (TPSA) is 58.1 Å². The number of aromatic nitrogens is 2. The third-order valence-corrected chi connectivity index (χ3v) is 7.39. The fourth-order valence-electron chi connectivity index (χ4n) is 3.32. The van der Waals surface area contributed by atoms with Crippen molar-refractivity contribution < 1.29 is 4.79 Å². The monoisotopic (exact) mass is 438 g/mol. The average Bonchev–Trinajstić information content (AvgIpc) is 3.49. The van der Waals surface area contributed by atoms with Crippen LogP contribution in [0.4, 0.5) is 5.13 Å². The van der Waals surface area contributed by atoms with Gasteiger partial charge in [0.1, 0.15) is 5.01 Å². The van der Waals surface area contributed by atoms with Crippen molar-refractivity contribution in [3.8, 4) is 10.6 Å². The molecule has 0 atom stereocenters. The number of thiazole rings is 2. The number of carbonyl (C=O) groups excluding carboxylic acids is 1. The van der Waals surface area contributed by atoms with Gasteiger partial charge >= 0.3 is 0 Å². The molecule has 0 saturated carbocycles. The number of fused-ring (bicyclic) bond motifs is 1. The van der Waals surface area contributed by atoms with E-state index in [1.165, 1.54) is 16.2 Å². The Bertz CT molecular complexity index is 1120. The maximum atomic E-state index is 12.3. The van der Waals surface area contributed by atoms with E-state index >= 15 is 0 Å². The molecule has 0 saturated heterocycles. The molecule has 1 aromatic carbocycles. The summed E-state index contributed by atoms with van der Waals surface area (Å²) in [5, 5.41) is 10.6. The maximum absolute atomic E-state index is 12.3. The number of rotatable bonds is 5. The number of hydrogen-bond donors (Lipinski definition) is 1. The normalized spacial score (nSPS) is 13.9. The SMILES string of the molecule is O=C(Nc1nc2c(s1)CN(Cc1csc(-c3ccccc3)n1)CC2)c1ccsc1. The molecule has 4 heterocycles. The minimum atomic E-state index is -0.0925. The zero-order chi connectivity index (χ0) is 19.6. The van der Waals surface area contributed by atoms with E-state index in [2.05, 4.69) is 32.7 Å². The standard InChI is InChI=1S/C21H18N4OS3/c26-19(15-7-9-27-12-15)24-21-23-17-6-8-25(11-18(17)29-21)10-16-13-28-20(22-16)14-4-2-1-3-5-14/h1-5,7,9,12-13H,6,8,10-11H2,(H,23,24,26). The molecule has 0 radical (unpaired) electrons. The Morgan fingerprint density at radius 1 is 1.14 bits per heavy atom. The molecule has 5 rings (SSSR count). The first kappa shape index (κ1) is 18.6. The van der Waals surface area contributed by atoms with Crippen LogP contribution in [-0.4, -0.2) is 27.3 Å². The van der Waals surface area contributed by atoms with Gasteiger partial charge in [-0.3, -0.25) is 15.0 Å². The molecule has 0 fully saturated rings. The zero-order valence-electron chi connectivity index (χ0n) is 15.5. The Kier molecular flexibility index (Phi) is 5.24. The first-order valence-electron chi connectivity index (χ1n) is 9.29. The van der Waals surface area contributed by atoms with Crippen LogP contribution in [0.3, 0.4) is 0 Å². The number of amides is 1. The molecule has 0 spiro atoms. The highest BCUT2D eigenvalue weighted by Crippen LogP contribution is 2.30. The molecule has 1 aliphatic rings. The van der Waals surface area contributed by atoms with Gasteiger partial charge in [-0.15, -0.1) is 22.7 Å². The van der Waals surface area contributed by atoms with Crippen molar-refractivity contribution in [1.82, 2.24) is 14.9 Å². The van der Waals surface area contributed by atoms with E-state index < -0.39 is 0 Å². The lowest BCUT2D eigenvalue weighted by atomic mass is 10.2. The molecule has 4 aromatic rings.